The molecular weight excluding hydrogens is 615 g/mol. The zero-order valence-corrected chi connectivity index (χ0v) is 27.8. The van der Waals surface area contributed by atoms with Gasteiger partial charge in [-0.3, -0.25) is 4.40 Å². The zero-order valence-electron chi connectivity index (χ0n) is 27.8. The zero-order chi connectivity index (χ0) is 34.3. The van der Waals surface area contributed by atoms with E-state index in [4.69, 9.17) is 0 Å². The second kappa shape index (κ2) is 12.9. The maximum Gasteiger partial charge on any atom is 0.416 e. The average Bonchev–Trinajstić information content (AvgIpc) is 3.62. The molecular formula is C37H38F3N7O. The number of fused-ring (bicyclic) bond motifs is 1. The van der Waals surface area contributed by atoms with Crippen LogP contribution in [0.2, 0.25) is 0 Å². The van der Waals surface area contributed by atoms with E-state index in [9.17, 15) is 18.3 Å². The lowest BCUT2D eigenvalue weighted by Gasteiger charge is -2.20. The Morgan fingerprint density at radius 1 is 1.02 bits per heavy atom. The Bertz CT molecular complexity index is 2100. The molecule has 3 N–H and O–H groups in total. The third kappa shape index (κ3) is 6.95. The van der Waals surface area contributed by atoms with Gasteiger partial charge in [0.05, 0.1) is 24.0 Å². The van der Waals surface area contributed by atoms with Gasteiger partial charge in [0, 0.05) is 46.3 Å². The number of anilines is 2. The summed E-state index contributed by atoms with van der Waals surface area (Å²) >= 11 is 0. The summed E-state index contributed by atoms with van der Waals surface area (Å²) in [5.74, 6) is 7.09. The molecule has 5 aromatic rings. The highest BCUT2D eigenvalue weighted by Gasteiger charge is 2.32. The topological polar surface area (TPSA) is 82.7 Å². The fourth-order valence-electron chi connectivity index (χ4n) is 5.80. The fourth-order valence-corrected chi connectivity index (χ4v) is 5.80. The smallest absolute Gasteiger partial charge is 0.369 e. The molecule has 48 heavy (non-hydrogen) atoms. The third-order valence-corrected chi connectivity index (χ3v) is 8.43. The van der Waals surface area contributed by atoms with Crippen LogP contribution in [0, 0.1) is 32.6 Å². The second-order valence-corrected chi connectivity index (χ2v) is 12.6. The lowest BCUT2D eigenvalue weighted by molar-refractivity contribution is -0.137. The number of nitrogens with zero attached hydrogens (tertiary/aromatic N) is 5. The van der Waals surface area contributed by atoms with Crippen molar-refractivity contribution in [3.8, 4) is 17.5 Å². The normalized spacial score (nSPS) is 13.4. The van der Waals surface area contributed by atoms with Crippen molar-refractivity contribution in [2.75, 3.05) is 24.7 Å². The fraction of sp³-hybridized carbons (Fsp3) is 0.297. The molecule has 11 heteroatoms. The summed E-state index contributed by atoms with van der Waals surface area (Å²) in [4.78, 5) is 10.9. The van der Waals surface area contributed by atoms with Gasteiger partial charge < -0.3 is 25.2 Å². The van der Waals surface area contributed by atoms with Crippen LogP contribution in [0.3, 0.4) is 0 Å². The summed E-state index contributed by atoms with van der Waals surface area (Å²) in [5.41, 5.74) is 8.39. The summed E-state index contributed by atoms with van der Waals surface area (Å²) in [5, 5.41) is 17.7. The van der Waals surface area contributed by atoms with Crippen molar-refractivity contribution >= 4 is 17.0 Å². The highest BCUT2D eigenvalue weighted by molar-refractivity contribution is 5.72. The van der Waals surface area contributed by atoms with Crippen molar-refractivity contribution in [3.63, 3.8) is 0 Å². The lowest BCUT2D eigenvalue weighted by atomic mass is 9.98. The summed E-state index contributed by atoms with van der Waals surface area (Å²) in [6.45, 7) is 8.30. The number of aliphatic hydroxyl groups excluding tert-OH is 1. The molecule has 0 bridgehead atoms. The Kier molecular flexibility index (Phi) is 8.81. The van der Waals surface area contributed by atoms with Crippen LogP contribution in [0.25, 0.3) is 11.3 Å². The minimum absolute atomic E-state index is 0.114. The maximum absolute atomic E-state index is 14.0. The van der Waals surface area contributed by atoms with E-state index in [0.29, 0.717) is 29.2 Å². The molecule has 0 aliphatic heterocycles. The number of hydrogen-bond donors (Lipinski definition) is 3. The number of imidazole rings is 2. The van der Waals surface area contributed by atoms with E-state index < -0.39 is 18.0 Å². The van der Waals surface area contributed by atoms with Gasteiger partial charge in [-0.1, -0.05) is 17.6 Å². The van der Waals surface area contributed by atoms with Crippen molar-refractivity contribution in [1.82, 2.24) is 23.8 Å². The molecule has 248 valence electrons. The molecule has 1 atom stereocenters. The highest BCUT2D eigenvalue weighted by Crippen LogP contribution is 2.35. The molecule has 0 spiro atoms. The number of aryl methyl sites for hydroxylation is 3. The Balaban J connectivity index is 1.31. The van der Waals surface area contributed by atoms with Gasteiger partial charge in [-0.05, 0) is 108 Å². The van der Waals surface area contributed by atoms with Gasteiger partial charge in [-0.25, -0.2) is 9.97 Å². The molecule has 0 saturated heterocycles. The first-order valence-corrected chi connectivity index (χ1v) is 15.7. The highest BCUT2D eigenvalue weighted by atomic mass is 19.4. The number of aliphatic hydroxyl groups is 1. The van der Waals surface area contributed by atoms with Crippen molar-refractivity contribution in [3.05, 3.63) is 117 Å². The SMILES string of the molecule is CC(Nc1ccc(C)n2c(C#Cc3cc(C(O)Nc4cc(-n5ccnc5CN(C)C)cc(C(F)(F)F)c4)c(C)cc3C)cnc12)=C1CC1. The summed E-state index contributed by atoms with van der Waals surface area (Å²) in [6, 6.07) is 11.4. The Morgan fingerprint density at radius 2 is 1.79 bits per heavy atom. The Labute approximate surface area is 278 Å². The number of allylic oxidation sites excluding steroid dienone is 2. The quantitative estimate of drug-likeness (QED) is 0.119. The van der Waals surface area contributed by atoms with E-state index >= 15 is 0 Å². The minimum atomic E-state index is -4.59. The summed E-state index contributed by atoms with van der Waals surface area (Å²) in [7, 11) is 3.72. The lowest BCUT2D eigenvalue weighted by Crippen LogP contribution is -2.16. The van der Waals surface area contributed by atoms with Crippen LogP contribution in [0.5, 0.6) is 0 Å². The van der Waals surface area contributed by atoms with Crippen LogP contribution in [0.4, 0.5) is 24.5 Å². The first kappa shape index (κ1) is 32.9. The maximum atomic E-state index is 14.0. The Morgan fingerprint density at radius 3 is 2.50 bits per heavy atom. The predicted octanol–water partition coefficient (Wildman–Crippen LogP) is 7.51. The van der Waals surface area contributed by atoms with E-state index in [1.807, 2.05) is 62.4 Å². The predicted molar refractivity (Wildman–Crippen MR) is 182 cm³/mol. The standard InChI is InChI=1S/C37H38F3N7O/c1-22-15-23(2)32(16-27(22)10-11-30-20-42-35-33(12-7-24(3)47(30)35)43-25(4)26-8-9-26)36(48)44-29-17-28(37(38,39)40)18-31(19-29)46-14-13-41-34(46)21-45(5)6/h7,12-20,36,43-44,48H,8-9,21H2,1-6H3. The molecule has 3 aromatic heterocycles. The number of aromatic nitrogens is 4. The van der Waals surface area contributed by atoms with Gasteiger partial charge in [0.15, 0.2) is 11.9 Å². The van der Waals surface area contributed by atoms with Gasteiger partial charge in [-0.15, -0.1) is 0 Å². The van der Waals surface area contributed by atoms with Crippen LogP contribution < -0.4 is 10.6 Å². The number of alkyl halides is 3. The molecule has 8 nitrogen and oxygen atoms in total. The van der Waals surface area contributed by atoms with Crippen molar-refractivity contribution < 1.29 is 18.3 Å². The summed E-state index contributed by atoms with van der Waals surface area (Å²) < 4.78 is 45.6. The van der Waals surface area contributed by atoms with Gasteiger partial charge in [0.1, 0.15) is 11.5 Å². The molecule has 0 radical (unpaired) electrons. The molecule has 1 saturated carbocycles. The molecule has 6 rings (SSSR count). The number of benzene rings is 2. The first-order valence-electron chi connectivity index (χ1n) is 15.7. The van der Waals surface area contributed by atoms with Crippen LogP contribution in [-0.2, 0) is 12.7 Å². The second-order valence-electron chi connectivity index (χ2n) is 12.6. The first-order chi connectivity index (χ1) is 22.8. The van der Waals surface area contributed by atoms with E-state index in [1.54, 1.807) is 35.3 Å². The van der Waals surface area contributed by atoms with Crippen LogP contribution in [0.15, 0.2) is 72.3 Å². The summed E-state index contributed by atoms with van der Waals surface area (Å²) in [6.07, 6.45) is 1.27. The van der Waals surface area contributed by atoms with Crippen LogP contribution in [-0.4, -0.2) is 43.0 Å². The molecule has 2 aromatic carbocycles. The number of halogens is 3. The van der Waals surface area contributed by atoms with Gasteiger partial charge in [0.2, 0.25) is 0 Å². The molecule has 1 aliphatic rings. The van der Waals surface area contributed by atoms with E-state index in [2.05, 4.69) is 39.4 Å². The van der Waals surface area contributed by atoms with Gasteiger partial charge >= 0.3 is 6.18 Å². The largest absolute Gasteiger partial charge is 0.416 e. The average molecular weight is 654 g/mol. The van der Waals surface area contributed by atoms with E-state index in [1.165, 1.54) is 5.57 Å². The number of hydrogen-bond acceptors (Lipinski definition) is 6. The van der Waals surface area contributed by atoms with E-state index in [0.717, 1.165) is 58.8 Å². The molecule has 0 amide bonds. The molecule has 3 heterocycles. The molecule has 1 fully saturated rings. The number of rotatable bonds is 8. The molecule has 1 unspecified atom stereocenters. The van der Waals surface area contributed by atoms with Crippen molar-refractivity contribution in [2.24, 2.45) is 0 Å². The number of pyridine rings is 1. The third-order valence-electron chi connectivity index (χ3n) is 8.43. The monoisotopic (exact) mass is 653 g/mol. The van der Waals surface area contributed by atoms with Crippen molar-refractivity contribution in [2.45, 2.75) is 59.5 Å². The van der Waals surface area contributed by atoms with E-state index in [-0.39, 0.29) is 11.4 Å². The van der Waals surface area contributed by atoms with Crippen molar-refractivity contribution in [1.29, 1.82) is 0 Å². The van der Waals surface area contributed by atoms with Gasteiger partial charge in [-0.2, -0.15) is 13.2 Å². The Hall–Kier alpha value is -5.05. The van der Waals surface area contributed by atoms with Gasteiger partial charge in [0.25, 0.3) is 0 Å². The van der Waals surface area contributed by atoms with Crippen LogP contribution in [0.1, 0.15) is 71.0 Å². The van der Waals surface area contributed by atoms with Crippen LogP contribution >= 0.6 is 0 Å². The number of nitrogens with one attached hydrogen (secondary N) is 2. The minimum Gasteiger partial charge on any atom is -0.369 e. The molecule has 1 aliphatic carbocycles.